The van der Waals surface area contributed by atoms with Gasteiger partial charge in [-0.15, -0.1) is 0 Å². The summed E-state index contributed by atoms with van der Waals surface area (Å²) in [4.78, 5) is 21.3. The summed E-state index contributed by atoms with van der Waals surface area (Å²) in [5.74, 6) is 1.26. The number of aromatic nitrogens is 4. The molecule has 0 atom stereocenters. The van der Waals surface area contributed by atoms with Crippen LogP contribution in [0.3, 0.4) is 0 Å². The summed E-state index contributed by atoms with van der Waals surface area (Å²) in [7, 11) is 0. The third-order valence-electron chi connectivity index (χ3n) is 19.9. The summed E-state index contributed by atoms with van der Waals surface area (Å²) in [5.41, 5.74) is 25.5. The number of benzene rings is 16. The van der Waals surface area contributed by atoms with Crippen molar-refractivity contribution in [3.05, 3.63) is 375 Å². The van der Waals surface area contributed by atoms with Crippen LogP contribution in [-0.2, 0) is 0 Å². The van der Waals surface area contributed by atoms with Gasteiger partial charge in [0, 0.05) is 33.4 Å². The molecule has 0 amide bonds. The van der Waals surface area contributed by atoms with Gasteiger partial charge in [0.1, 0.15) is 0 Å². The van der Waals surface area contributed by atoms with Crippen LogP contribution >= 0.6 is 0 Å². The van der Waals surface area contributed by atoms with E-state index in [1.165, 1.54) is 5.39 Å². The highest BCUT2D eigenvalue weighted by Crippen LogP contribution is 2.44. The first-order chi connectivity index (χ1) is 51.4. The van der Waals surface area contributed by atoms with Gasteiger partial charge in [0.15, 0.2) is 11.6 Å². The van der Waals surface area contributed by atoms with E-state index < -0.39 is 0 Å². The molecule has 6 heteroatoms. The fraction of sp³-hybridized carbons (Fsp3) is 0. The van der Waals surface area contributed by atoms with Gasteiger partial charge in [0.2, 0.25) is 0 Å². The van der Waals surface area contributed by atoms with Gasteiger partial charge in [0.05, 0.1) is 46.0 Å². The molecule has 18 aromatic rings. The maximum Gasteiger partial charge on any atom is 0.160 e. The minimum atomic E-state index is 0.620. The highest BCUT2D eigenvalue weighted by molar-refractivity contribution is 6.06. The molecule has 0 aliphatic rings. The zero-order valence-corrected chi connectivity index (χ0v) is 56.3. The number of hydrogen-bond acceptors (Lipinski definition) is 6. The maximum absolute atomic E-state index is 9.65. The van der Waals surface area contributed by atoms with Crippen LogP contribution in [0.2, 0.25) is 0 Å². The molecule has 18 rings (SSSR count). The van der Waals surface area contributed by atoms with Crippen molar-refractivity contribution in [2.45, 2.75) is 0 Å². The number of nitrogens with zero attached hydrogens (tertiary/aromatic N) is 6. The van der Waals surface area contributed by atoms with Gasteiger partial charge in [-0.3, -0.25) is 0 Å². The van der Waals surface area contributed by atoms with Gasteiger partial charge in [0.25, 0.3) is 0 Å². The van der Waals surface area contributed by atoms with E-state index in [1.807, 2.05) is 72.8 Å². The van der Waals surface area contributed by atoms with E-state index >= 15 is 0 Å². The summed E-state index contributed by atoms with van der Waals surface area (Å²) in [5, 5.41) is 28.5. The number of rotatable bonds is 13. The second-order valence-electron chi connectivity index (χ2n) is 26.3. The van der Waals surface area contributed by atoms with Gasteiger partial charge in [-0.2, -0.15) is 10.5 Å². The molecule has 16 aromatic carbocycles. The van der Waals surface area contributed by atoms with Gasteiger partial charge in [-0.05, 0) is 218 Å². The highest BCUT2D eigenvalue weighted by atomic mass is 14.9. The Kier molecular flexibility index (Phi) is 15.9. The Hall–Kier alpha value is -14.3. The fourth-order valence-corrected chi connectivity index (χ4v) is 14.6. The number of fused-ring (bicyclic) bond motifs is 4. The number of nitriles is 2. The van der Waals surface area contributed by atoms with Gasteiger partial charge in [-0.25, -0.2) is 19.9 Å². The van der Waals surface area contributed by atoms with Crippen molar-refractivity contribution in [3.8, 4) is 158 Å². The average Bonchev–Trinajstić information content (AvgIpc) is 0.761. The summed E-state index contributed by atoms with van der Waals surface area (Å²) in [6.45, 7) is 0. The Morgan fingerprint density at radius 3 is 0.923 bits per heavy atom. The smallest absolute Gasteiger partial charge is 0.160 e. The van der Waals surface area contributed by atoms with Crippen molar-refractivity contribution in [1.29, 1.82) is 10.5 Å². The normalized spacial score (nSPS) is 11.2. The standard InChI is InChI=1S/C98H60N6/c99-61-63-33-37-65(38-34-63)88-56-82(51-77-23-9-12-30-85(77)88)83-52-78-24-10-13-31-86(78)89(57-83)67-41-45-71(46-42-67)95-60-96(104-97(101-95)72-19-5-2-6-20-72)80-28-15-26-73(49-80)74-27-16-29-81(50-74)98-102-93(69-17-3-1-4-18-69)59-94(103-98)70-47-43-68(44-48-70)91-54-75-21-7-8-22-76(75)55-92(91)84-53-79-25-11-14-32-87(79)90(58-84)66-39-35-64(62-100)36-40-66/h1-60H. The van der Waals surface area contributed by atoms with E-state index in [0.29, 0.717) is 22.8 Å². The lowest BCUT2D eigenvalue weighted by Gasteiger charge is -2.16. The van der Waals surface area contributed by atoms with Gasteiger partial charge < -0.3 is 0 Å². The third kappa shape index (κ3) is 12.1. The molecule has 6 nitrogen and oxygen atoms in total. The Morgan fingerprint density at radius 2 is 0.471 bits per heavy atom. The molecule has 0 saturated heterocycles. The first-order valence-corrected chi connectivity index (χ1v) is 34.8. The minimum absolute atomic E-state index is 0.620. The van der Waals surface area contributed by atoms with Crippen LogP contribution in [-0.4, -0.2) is 19.9 Å². The SMILES string of the molecule is N#Cc1ccc(-c2cc(-c3cc(-c4ccc(-c5cc(-c6cccc(-c7cccc(-c8nc(-c9ccccc9)cc(-c9ccc(-c%10cc%11ccccc%11cc%10-c%10cc(-c%11ccc(C#N)cc%11)c%11ccccc%11c%10)cc9)n8)c7)c6)nc(-c6ccccc6)n5)cc4)c4ccccc4c3)cc3ccccc23)cc1. The van der Waals surface area contributed by atoms with Crippen LogP contribution in [0.15, 0.2) is 364 Å². The molecule has 0 saturated carbocycles. The molecule has 0 spiro atoms. The quantitative estimate of drug-likeness (QED) is 0.114. The predicted octanol–water partition coefficient (Wildman–Crippen LogP) is 25.3. The molecular weight excluding hydrogens is 1260 g/mol. The molecular formula is C98H60N6. The van der Waals surface area contributed by atoms with Crippen molar-refractivity contribution in [1.82, 2.24) is 19.9 Å². The highest BCUT2D eigenvalue weighted by Gasteiger charge is 2.20. The van der Waals surface area contributed by atoms with Crippen LogP contribution in [0, 0.1) is 22.7 Å². The topological polar surface area (TPSA) is 99.1 Å². The molecule has 482 valence electrons. The molecule has 2 aromatic heterocycles. The summed E-state index contributed by atoms with van der Waals surface area (Å²) in [6, 6.07) is 132. The Bertz CT molecular complexity index is 6450. The van der Waals surface area contributed by atoms with Crippen molar-refractivity contribution in [2.24, 2.45) is 0 Å². The zero-order chi connectivity index (χ0) is 69.5. The molecule has 104 heavy (non-hydrogen) atoms. The van der Waals surface area contributed by atoms with E-state index in [1.54, 1.807) is 0 Å². The molecule has 0 fully saturated rings. The molecule has 0 aliphatic heterocycles. The largest absolute Gasteiger partial charge is 0.228 e. The lowest BCUT2D eigenvalue weighted by molar-refractivity contribution is 1.18. The van der Waals surface area contributed by atoms with Gasteiger partial charge in [-0.1, -0.05) is 267 Å². The van der Waals surface area contributed by atoms with Crippen LogP contribution in [0.4, 0.5) is 0 Å². The van der Waals surface area contributed by atoms with Crippen molar-refractivity contribution in [2.75, 3.05) is 0 Å². The Labute approximate surface area is 602 Å². The lowest BCUT2D eigenvalue weighted by Crippen LogP contribution is -1.97. The van der Waals surface area contributed by atoms with Crippen LogP contribution in [0.1, 0.15) is 11.1 Å². The molecule has 0 N–H and O–H groups in total. The second-order valence-corrected chi connectivity index (χ2v) is 26.3. The van der Waals surface area contributed by atoms with Crippen LogP contribution < -0.4 is 0 Å². The first-order valence-electron chi connectivity index (χ1n) is 34.8. The Morgan fingerprint density at radius 1 is 0.173 bits per heavy atom. The molecule has 0 radical (unpaired) electrons. The van der Waals surface area contributed by atoms with E-state index in [2.05, 4.69) is 303 Å². The molecule has 2 heterocycles. The molecule has 0 unspecified atom stereocenters. The Balaban J connectivity index is 0.676. The maximum atomic E-state index is 9.65. The van der Waals surface area contributed by atoms with Crippen LogP contribution in [0.5, 0.6) is 0 Å². The molecule has 0 bridgehead atoms. The molecule has 0 aliphatic carbocycles. The first kappa shape index (κ1) is 62.0. The lowest BCUT2D eigenvalue weighted by atomic mass is 9.87. The summed E-state index contributed by atoms with van der Waals surface area (Å²) < 4.78 is 0. The van der Waals surface area contributed by atoms with E-state index in [9.17, 15) is 10.5 Å². The summed E-state index contributed by atoms with van der Waals surface area (Å²) >= 11 is 0. The van der Waals surface area contributed by atoms with Crippen molar-refractivity contribution >= 4 is 43.1 Å². The third-order valence-corrected chi connectivity index (χ3v) is 19.9. The average molecular weight is 1320 g/mol. The zero-order valence-electron chi connectivity index (χ0n) is 56.3. The monoisotopic (exact) mass is 1320 g/mol. The van der Waals surface area contributed by atoms with Crippen LogP contribution in [0.25, 0.3) is 189 Å². The fourth-order valence-electron chi connectivity index (χ4n) is 14.6. The predicted molar refractivity (Wildman–Crippen MR) is 428 cm³/mol. The van der Waals surface area contributed by atoms with E-state index in [-0.39, 0.29) is 0 Å². The van der Waals surface area contributed by atoms with E-state index in [0.717, 1.165) is 172 Å². The van der Waals surface area contributed by atoms with Gasteiger partial charge >= 0.3 is 0 Å². The van der Waals surface area contributed by atoms with Crippen molar-refractivity contribution in [3.63, 3.8) is 0 Å². The second kappa shape index (κ2) is 26.7. The summed E-state index contributed by atoms with van der Waals surface area (Å²) in [6.07, 6.45) is 0. The number of hydrogen-bond donors (Lipinski definition) is 0. The van der Waals surface area contributed by atoms with E-state index in [4.69, 9.17) is 19.9 Å². The van der Waals surface area contributed by atoms with Crippen molar-refractivity contribution < 1.29 is 0 Å². The minimum Gasteiger partial charge on any atom is -0.228 e.